The lowest BCUT2D eigenvalue weighted by atomic mass is 9.81. The van der Waals surface area contributed by atoms with Crippen molar-refractivity contribution in [2.75, 3.05) is 20.6 Å². The van der Waals surface area contributed by atoms with Crippen molar-refractivity contribution in [3.05, 3.63) is 16.4 Å². The van der Waals surface area contributed by atoms with E-state index in [4.69, 9.17) is 5.73 Å². The highest BCUT2D eigenvalue weighted by atomic mass is 79.9. The highest BCUT2D eigenvalue weighted by molar-refractivity contribution is 9.10. The van der Waals surface area contributed by atoms with Crippen LogP contribution in [0.4, 0.5) is 0 Å². The van der Waals surface area contributed by atoms with Gasteiger partial charge in [-0.1, -0.05) is 12.8 Å². The number of likely N-dealkylation sites (N-methyl/N-ethyl adjacent to an activating group) is 1. The Morgan fingerprint density at radius 1 is 1.50 bits per heavy atom. The van der Waals surface area contributed by atoms with Crippen LogP contribution in [0.2, 0.25) is 0 Å². The predicted molar refractivity (Wildman–Crippen MR) is 82.7 cm³/mol. The summed E-state index contributed by atoms with van der Waals surface area (Å²) in [4.78, 5) is 14.9. The van der Waals surface area contributed by atoms with Crippen LogP contribution in [0, 0.1) is 5.92 Å². The molecule has 2 atom stereocenters. The van der Waals surface area contributed by atoms with Gasteiger partial charge in [0.2, 0.25) is 0 Å². The second-order valence-electron chi connectivity index (χ2n) is 5.79. The molecule has 2 rings (SSSR count). The van der Waals surface area contributed by atoms with Crippen molar-refractivity contribution in [2.24, 2.45) is 11.7 Å². The standard InChI is InChI=1S/C14H23BrN4O/c1-18(2)7-8-19-13(11(15)9-17-19)14(20)10-5-3-4-6-12(10)16/h9-10,12H,3-8,16H2,1-2H3. The van der Waals surface area contributed by atoms with Crippen molar-refractivity contribution >= 4 is 21.7 Å². The summed E-state index contributed by atoms with van der Waals surface area (Å²) in [6.45, 7) is 1.56. The molecule has 112 valence electrons. The molecule has 0 amide bonds. The lowest BCUT2D eigenvalue weighted by molar-refractivity contribution is 0.0858. The molecule has 2 N–H and O–H groups in total. The zero-order chi connectivity index (χ0) is 14.7. The summed E-state index contributed by atoms with van der Waals surface area (Å²) < 4.78 is 2.58. The van der Waals surface area contributed by atoms with Gasteiger partial charge in [-0.15, -0.1) is 0 Å². The normalized spacial score (nSPS) is 23.2. The molecule has 1 aliphatic rings. The number of carbonyl (C=O) groups is 1. The van der Waals surface area contributed by atoms with E-state index in [0.29, 0.717) is 12.2 Å². The second kappa shape index (κ2) is 6.83. The highest BCUT2D eigenvalue weighted by Crippen LogP contribution is 2.29. The SMILES string of the molecule is CN(C)CCn1ncc(Br)c1C(=O)C1CCCCC1N. The third-order valence-electron chi connectivity index (χ3n) is 3.94. The monoisotopic (exact) mass is 342 g/mol. The number of carbonyl (C=O) groups excluding carboxylic acids is 1. The largest absolute Gasteiger partial charge is 0.327 e. The van der Waals surface area contributed by atoms with E-state index < -0.39 is 0 Å². The highest BCUT2D eigenvalue weighted by Gasteiger charge is 2.32. The van der Waals surface area contributed by atoms with Crippen LogP contribution in [0.3, 0.4) is 0 Å². The minimum absolute atomic E-state index is 0.0136. The quantitative estimate of drug-likeness (QED) is 0.830. The molecule has 1 aromatic heterocycles. The van der Waals surface area contributed by atoms with Gasteiger partial charge >= 0.3 is 0 Å². The number of Topliss-reactive ketones (excluding diaryl/α,β-unsaturated/α-hetero) is 1. The van der Waals surface area contributed by atoms with Crippen LogP contribution >= 0.6 is 15.9 Å². The fourth-order valence-electron chi connectivity index (χ4n) is 2.73. The molecule has 0 saturated heterocycles. The van der Waals surface area contributed by atoms with Crippen LogP contribution in [0.25, 0.3) is 0 Å². The van der Waals surface area contributed by atoms with E-state index >= 15 is 0 Å². The maximum absolute atomic E-state index is 12.8. The third kappa shape index (κ3) is 3.48. The van der Waals surface area contributed by atoms with Gasteiger partial charge in [0.15, 0.2) is 5.78 Å². The molecule has 1 aromatic rings. The van der Waals surface area contributed by atoms with Gasteiger partial charge in [-0.3, -0.25) is 9.48 Å². The Morgan fingerprint density at radius 3 is 2.85 bits per heavy atom. The van der Waals surface area contributed by atoms with Crippen LogP contribution in [0.1, 0.15) is 36.2 Å². The van der Waals surface area contributed by atoms with Gasteiger partial charge < -0.3 is 10.6 Å². The van der Waals surface area contributed by atoms with Crippen molar-refractivity contribution in [2.45, 2.75) is 38.3 Å². The fourth-order valence-corrected chi connectivity index (χ4v) is 3.22. The van der Waals surface area contributed by atoms with E-state index in [2.05, 4.69) is 25.9 Å². The van der Waals surface area contributed by atoms with Crippen molar-refractivity contribution in [1.29, 1.82) is 0 Å². The van der Waals surface area contributed by atoms with Gasteiger partial charge in [-0.05, 0) is 42.9 Å². The summed E-state index contributed by atoms with van der Waals surface area (Å²) in [5, 5.41) is 4.31. The molecular weight excluding hydrogens is 320 g/mol. The van der Waals surface area contributed by atoms with Crippen LogP contribution in [-0.2, 0) is 6.54 Å². The molecule has 0 aromatic carbocycles. The number of halogens is 1. The van der Waals surface area contributed by atoms with Gasteiger partial charge in [0, 0.05) is 18.5 Å². The van der Waals surface area contributed by atoms with E-state index in [1.165, 1.54) is 0 Å². The predicted octanol–water partition coefficient (Wildman–Crippen LogP) is 1.91. The number of rotatable bonds is 5. The van der Waals surface area contributed by atoms with Gasteiger partial charge in [-0.2, -0.15) is 5.10 Å². The Balaban J connectivity index is 2.18. The zero-order valence-electron chi connectivity index (χ0n) is 12.2. The van der Waals surface area contributed by atoms with Crippen LogP contribution in [0.5, 0.6) is 0 Å². The Labute approximate surface area is 128 Å². The maximum Gasteiger partial charge on any atom is 0.186 e. The average Bonchev–Trinajstić information content (AvgIpc) is 2.77. The number of nitrogens with two attached hydrogens (primary N) is 1. The zero-order valence-corrected chi connectivity index (χ0v) is 13.8. The molecule has 1 aliphatic carbocycles. The molecule has 1 saturated carbocycles. The Bertz CT molecular complexity index is 472. The second-order valence-corrected chi connectivity index (χ2v) is 6.64. The van der Waals surface area contributed by atoms with Crippen molar-refractivity contribution in [3.63, 3.8) is 0 Å². The number of nitrogens with zero attached hydrogens (tertiary/aromatic N) is 3. The molecular formula is C14H23BrN4O. The average molecular weight is 343 g/mol. The van der Waals surface area contributed by atoms with Crippen LogP contribution < -0.4 is 5.73 Å². The summed E-state index contributed by atoms with van der Waals surface area (Å²) in [7, 11) is 4.02. The minimum Gasteiger partial charge on any atom is -0.327 e. The molecule has 0 bridgehead atoms. The van der Waals surface area contributed by atoms with Crippen molar-refractivity contribution in [3.8, 4) is 0 Å². The Kier molecular flexibility index (Phi) is 5.35. The van der Waals surface area contributed by atoms with Crippen molar-refractivity contribution < 1.29 is 4.79 Å². The lowest BCUT2D eigenvalue weighted by Gasteiger charge is -2.27. The molecule has 5 nitrogen and oxygen atoms in total. The van der Waals surface area contributed by atoms with Crippen molar-refractivity contribution in [1.82, 2.24) is 14.7 Å². The third-order valence-corrected chi connectivity index (χ3v) is 4.52. The summed E-state index contributed by atoms with van der Waals surface area (Å²) in [5.74, 6) is 0.0789. The molecule has 2 unspecified atom stereocenters. The molecule has 0 spiro atoms. The minimum atomic E-state index is -0.0603. The lowest BCUT2D eigenvalue weighted by Crippen LogP contribution is -2.39. The van der Waals surface area contributed by atoms with E-state index in [0.717, 1.165) is 36.7 Å². The smallest absolute Gasteiger partial charge is 0.186 e. The van der Waals surface area contributed by atoms with Gasteiger partial charge in [0.05, 0.1) is 17.2 Å². The fraction of sp³-hybridized carbons (Fsp3) is 0.714. The molecule has 1 fully saturated rings. The first-order valence-electron chi connectivity index (χ1n) is 7.16. The topological polar surface area (TPSA) is 64.2 Å². The summed E-state index contributed by atoms with van der Waals surface area (Å²) >= 11 is 3.45. The molecule has 20 heavy (non-hydrogen) atoms. The summed E-state index contributed by atoms with van der Waals surface area (Å²) in [6.07, 6.45) is 5.77. The van der Waals surface area contributed by atoms with Gasteiger partial charge in [0.25, 0.3) is 0 Å². The van der Waals surface area contributed by atoms with Crippen LogP contribution in [-0.4, -0.2) is 47.1 Å². The number of hydrogen-bond donors (Lipinski definition) is 1. The number of hydrogen-bond acceptors (Lipinski definition) is 4. The first-order valence-corrected chi connectivity index (χ1v) is 7.96. The van der Waals surface area contributed by atoms with Crippen LogP contribution in [0.15, 0.2) is 10.7 Å². The van der Waals surface area contributed by atoms with E-state index in [1.54, 1.807) is 10.9 Å². The molecule has 6 heteroatoms. The van der Waals surface area contributed by atoms with E-state index in [9.17, 15) is 4.79 Å². The molecule has 1 heterocycles. The Hall–Kier alpha value is -0.720. The number of aromatic nitrogens is 2. The maximum atomic E-state index is 12.8. The molecule has 0 aliphatic heterocycles. The number of ketones is 1. The Morgan fingerprint density at radius 2 is 2.20 bits per heavy atom. The first kappa shape index (κ1) is 15.7. The van der Waals surface area contributed by atoms with Gasteiger partial charge in [-0.25, -0.2) is 0 Å². The summed E-state index contributed by atoms with van der Waals surface area (Å²) in [5.41, 5.74) is 6.81. The van der Waals surface area contributed by atoms with Gasteiger partial charge in [0.1, 0.15) is 5.69 Å². The van der Waals surface area contributed by atoms with E-state index in [-0.39, 0.29) is 17.7 Å². The summed E-state index contributed by atoms with van der Waals surface area (Å²) in [6, 6.07) is -0.0136. The molecule has 0 radical (unpaired) electrons. The first-order chi connectivity index (χ1) is 9.50. The van der Waals surface area contributed by atoms with E-state index in [1.807, 2.05) is 14.1 Å².